The Balaban J connectivity index is 1.87. The van der Waals surface area contributed by atoms with Crippen LogP contribution in [-0.4, -0.2) is 19.9 Å². The Labute approximate surface area is 108 Å². The van der Waals surface area contributed by atoms with Crippen molar-refractivity contribution in [2.75, 3.05) is 0 Å². The summed E-state index contributed by atoms with van der Waals surface area (Å²) in [4.78, 5) is 16.9. The van der Waals surface area contributed by atoms with Crippen molar-refractivity contribution in [3.63, 3.8) is 0 Å². The predicted octanol–water partition coefficient (Wildman–Crippen LogP) is 2.95. The highest BCUT2D eigenvalue weighted by Gasteiger charge is 2.27. The van der Waals surface area contributed by atoms with E-state index in [0.29, 0.717) is 11.1 Å². The van der Waals surface area contributed by atoms with Gasteiger partial charge in [-0.15, -0.1) is 0 Å². The highest BCUT2D eigenvalue weighted by atomic mass is 35.5. The molecule has 4 nitrogen and oxygen atoms in total. The van der Waals surface area contributed by atoms with Crippen molar-refractivity contribution in [3.8, 4) is 0 Å². The Morgan fingerprint density at radius 3 is 2.76 bits per heavy atom. The molecule has 0 aliphatic heterocycles. The van der Waals surface area contributed by atoms with Gasteiger partial charge in [0.25, 0.3) is 0 Å². The second kappa shape index (κ2) is 4.58. The van der Waals surface area contributed by atoms with Crippen molar-refractivity contribution in [3.05, 3.63) is 35.6 Å². The minimum atomic E-state index is 0.494. The lowest BCUT2D eigenvalue weighted by atomic mass is 10.4. The molecule has 1 saturated carbocycles. The minimum Gasteiger partial charge on any atom is -0.260 e. The van der Waals surface area contributed by atoms with Gasteiger partial charge >= 0.3 is 0 Å². The molecule has 6 heteroatoms. The second-order valence-electron chi connectivity index (χ2n) is 3.81. The molecule has 0 spiro atoms. The van der Waals surface area contributed by atoms with Crippen LogP contribution < -0.4 is 0 Å². The van der Waals surface area contributed by atoms with E-state index in [1.807, 2.05) is 0 Å². The molecule has 2 heterocycles. The van der Waals surface area contributed by atoms with E-state index in [0.717, 1.165) is 28.7 Å². The van der Waals surface area contributed by atoms with Crippen LogP contribution in [0.5, 0.6) is 0 Å². The molecule has 0 bridgehead atoms. The Morgan fingerprint density at radius 2 is 2.06 bits per heavy atom. The predicted molar refractivity (Wildman–Crippen MR) is 65.2 cm³/mol. The Bertz CT molecular complexity index is 530. The summed E-state index contributed by atoms with van der Waals surface area (Å²) in [5.41, 5.74) is 0. The number of halogens is 1. The van der Waals surface area contributed by atoms with Crippen LogP contribution in [0.25, 0.3) is 0 Å². The lowest BCUT2D eigenvalue weighted by Gasteiger charge is -2.03. The molecule has 1 fully saturated rings. The molecule has 0 N–H and O–H groups in total. The molecule has 0 unspecified atom stereocenters. The second-order valence-corrected chi connectivity index (χ2v) is 5.24. The normalized spacial score (nSPS) is 14.9. The van der Waals surface area contributed by atoms with Crippen molar-refractivity contribution in [2.45, 2.75) is 28.8 Å². The highest BCUT2D eigenvalue weighted by Crippen LogP contribution is 2.39. The highest BCUT2D eigenvalue weighted by molar-refractivity contribution is 7.99. The van der Waals surface area contributed by atoms with E-state index in [2.05, 4.69) is 19.9 Å². The molecule has 3 rings (SSSR count). The summed E-state index contributed by atoms with van der Waals surface area (Å²) in [6.07, 6.45) is 7.34. The Morgan fingerprint density at radius 1 is 1.18 bits per heavy atom. The Kier molecular flexibility index (Phi) is 2.94. The molecule has 0 aromatic carbocycles. The molecule has 0 amide bonds. The zero-order chi connectivity index (χ0) is 11.7. The maximum atomic E-state index is 5.99. The first-order valence-electron chi connectivity index (χ1n) is 5.29. The molecule has 2 aromatic rings. The zero-order valence-corrected chi connectivity index (χ0v) is 10.4. The maximum Gasteiger partial charge on any atom is 0.134 e. The third kappa shape index (κ3) is 2.73. The summed E-state index contributed by atoms with van der Waals surface area (Å²) < 4.78 is 0. The van der Waals surface area contributed by atoms with Gasteiger partial charge in [-0.1, -0.05) is 11.6 Å². The van der Waals surface area contributed by atoms with Crippen LogP contribution in [0.3, 0.4) is 0 Å². The van der Waals surface area contributed by atoms with Crippen LogP contribution in [0.1, 0.15) is 24.6 Å². The topological polar surface area (TPSA) is 51.6 Å². The number of aromatic nitrogens is 4. The quantitative estimate of drug-likeness (QED) is 0.798. The molecule has 0 saturated heterocycles. The van der Waals surface area contributed by atoms with Gasteiger partial charge in [-0.3, -0.25) is 4.98 Å². The first-order chi connectivity index (χ1) is 8.31. The monoisotopic (exact) mass is 264 g/mol. The van der Waals surface area contributed by atoms with E-state index in [1.54, 1.807) is 24.7 Å². The smallest absolute Gasteiger partial charge is 0.134 e. The van der Waals surface area contributed by atoms with Crippen molar-refractivity contribution in [2.24, 2.45) is 0 Å². The molecule has 17 heavy (non-hydrogen) atoms. The summed E-state index contributed by atoms with van der Waals surface area (Å²) in [6, 6.07) is 1.76. The largest absolute Gasteiger partial charge is 0.260 e. The van der Waals surface area contributed by atoms with Crippen LogP contribution in [0.15, 0.2) is 34.7 Å². The van der Waals surface area contributed by atoms with E-state index in [-0.39, 0.29) is 0 Å². The Hall–Kier alpha value is -1.20. The van der Waals surface area contributed by atoms with Gasteiger partial charge in [0.2, 0.25) is 0 Å². The maximum absolute atomic E-state index is 5.99. The molecule has 0 atom stereocenters. The van der Waals surface area contributed by atoms with Crippen molar-refractivity contribution < 1.29 is 0 Å². The molecular formula is C11H9ClN4S. The first-order valence-corrected chi connectivity index (χ1v) is 6.49. The standard InChI is InChI=1S/C11H9ClN4S/c12-8-5-9(16-11(15-8)7-1-2-7)17-10-6-13-3-4-14-10/h3-7H,1-2H2. The summed E-state index contributed by atoms with van der Waals surface area (Å²) in [6.45, 7) is 0. The molecule has 2 aromatic heterocycles. The van der Waals surface area contributed by atoms with Crippen molar-refractivity contribution in [1.82, 2.24) is 19.9 Å². The fraction of sp³-hybridized carbons (Fsp3) is 0.273. The van der Waals surface area contributed by atoms with Crippen LogP contribution in [0.2, 0.25) is 5.15 Å². The van der Waals surface area contributed by atoms with E-state index in [9.17, 15) is 0 Å². The van der Waals surface area contributed by atoms with Gasteiger partial charge in [0.1, 0.15) is 21.0 Å². The lowest BCUT2D eigenvalue weighted by molar-refractivity contribution is 0.876. The molecule has 1 aliphatic rings. The number of hydrogen-bond acceptors (Lipinski definition) is 5. The fourth-order valence-electron chi connectivity index (χ4n) is 1.44. The first kappa shape index (κ1) is 10.9. The molecule has 1 aliphatic carbocycles. The fourth-order valence-corrected chi connectivity index (χ4v) is 2.44. The van der Waals surface area contributed by atoms with Crippen LogP contribution in [0, 0.1) is 0 Å². The third-order valence-electron chi connectivity index (χ3n) is 2.38. The van der Waals surface area contributed by atoms with Gasteiger partial charge in [-0.05, 0) is 24.6 Å². The van der Waals surface area contributed by atoms with Crippen LogP contribution in [0.4, 0.5) is 0 Å². The SMILES string of the molecule is Clc1cc(Sc2cnccn2)nc(C2CC2)n1. The summed E-state index contributed by atoms with van der Waals surface area (Å²) >= 11 is 7.44. The zero-order valence-electron chi connectivity index (χ0n) is 8.88. The van der Waals surface area contributed by atoms with Gasteiger partial charge < -0.3 is 0 Å². The van der Waals surface area contributed by atoms with E-state index >= 15 is 0 Å². The average Bonchev–Trinajstić information content (AvgIpc) is 3.13. The number of nitrogens with zero attached hydrogens (tertiary/aromatic N) is 4. The third-order valence-corrected chi connectivity index (χ3v) is 3.41. The van der Waals surface area contributed by atoms with Gasteiger partial charge in [0, 0.05) is 24.4 Å². The number of hydrogen-bond donors (Lipinski definition) is 0. The summed E-state index contributed by atoms with van der Waals surface area (Å²) in [5.74, 6) is 1.35. The van der Waals surface area contributed by atoms with Crippen molar-refractivity contribution >= 4 is 23.4 Å². The van der Waals surface area contributed by atoms with Gasteiger partial charge in [0.15, 0.2) is 0 Å². The van der Waals surface area contributed by atoms with Gasteiger partial charge in [-0.25, -0.2) is 15.0 Å². The lowest BCUT2D eigenvalue weighted by Crippen LogP contribution is -1.94. The van der Waals surface area contributed by atoms with E-state index in [4.69, 9.17) is 11.6 Å². The van der Waals surface area contributed by atoms with Gasteiger partial charge in [0.05, 0.1) is 6.20 Å². The molecule has 86 valence electrons. The summed E-state index contributed by atoms with van der Waals surface area (Å²) in [5, 5.41) is 2.13. The van der Waals surface area contributed by atoms with E-state index in [1.165, 1.54) is 11.8 Å². The molecule has 0 radical (unpaired) electrons. The van der Waals surface area contributed by atoms with Crippen LogP contribution in [-0.2, 0) is 0 Å². The van der Waals surface area contributed by atoms with Crippen molar-refractivity contribution in [1.29, 1.82) is 0 Å². The minimum absolute atomic E-state index is 0.494. The van der Waals surface area contributed by atoms with Crippen LogP contribution >= 0.6 is 23.4 Å². The van der Waals surface area contributed by atoms with Gasteiger partial charge in [-0.2, -0.15) is 0 Å². The summed E-state index contributed by atoms with van der Waals surface area (Å²) in [7, 11) is 0. The van der Waals surface area contributed by atoms with E-state index < -0.39 is 0 Å². The number of rotatable bonds is 3. The average molecular weight is 265 g/mol. The molecular weight excluding hydrogens is 256 g/mol.